The van der Waals surface area contributed by atoms with Gasteiger partial charge in [0.05, 0.1) is 6.04 Å². The lowest BCUT2D eigenvalue weighted by Crippen LogP contribution is -2.55. The molecule has 4 nitrogen and oxygen atoms in total. The molecule has 17 heavy (non-hydrogen) atoms. The first-order chi connectivity index (χ1) is 7.97. The van der Waals surface area contributed by atoms with Crippen LogP contribution in [0.3, 0.4) is 0 Å². The molecule has 0 aliphatic carbocycles. The Bertz CT molecular complexity index is 247. The van der Waals surface area contributed by atoms with E-state index in [0.29, 0.717) is 6.04 Å². The molecule has 1 saturated heterocycles. The maximum Gasteiger partial charge on any atom is 0.239 e. The first-order valence-corrected chi connectivity index (χ1v) is 6.75. The number of piperazine rings is 1. The number of rotatable bonds is 4. The number of nitrogens with two attached hydrogens (primary N) is 1. The van der Waals surface area contributed by atoms with Crippen LogP contribution in [0, 0.1) is 5.92 Å². The van der Waals surface area contributed by atoms with Gasteiger partial charge in [0.25, 0.3) is 0 Å². The van der Waals surface area contributed by atoms with Gasteiger partial charge >= 0.3 is 0 Å². The van der Waals surface area contributed by atoms with Crippen molar-refractivity contribution < 1.29 is 4.79 Å². The topological polar surface area (TPSA) is 49.6 Å². The van der Waals surface area contributed by atoms with Crippen molar-refractivity contribution in [3.8, 4) is 0 Å². The summed E-state index contributed by atoms with van der Waals surface area (Å²) in [5.74, 6) is 0.397. The van der Waals surface area contributed by atoms with Crippen LogP contribution < -0.4 is 5.73 Å². The molecule has 0 aromatic carbocycles. The van der Waals surface area contributed by atoms with Crippen molar-refractivity contribution in [1.29, 1.82) is 0 Å². The maximum atomic E-state index is 12.2. The van der Waals surface area contributed by atoms with E-state index in [2.05, 4.69) is 25.7 Å². The first-order valence-electron chi connectivity index (χ1n) is 6.75. The van der Waals surface area contributed by atoms with Crippen LogP contribution in [0.4, 0.5) is 0 Å². The minimum atomic E-state index is -0.328. The Hall–Kier alpha value is -0.610. The van der Waals surface area contributed by atoms with Crippen LogP contribution >= 0.6 is 0 Å². The molecule has 1 aliphatic rings. The zero-order valence-electron chi connectivity index (χ0n) is 11.6. The summed E-state index contributed by atoms with van der Waals surface area (Å²) in [6, 6.07) is 0.237. The molecule has 2 unspecified atom stereocenters. The van der Waals surface area contributed by atoms with Gasteiger partial charge < -0.3 is 10.6 Å². The molecule has 0 radical (unpaired) electrons. The summed E-state index contributed by atoms with van der Waals surface area (Å²) in [5, 5.41) is 0. The molecule has 0 saturated carbocycles. The summed E-state index contributed by atoms with van der Waals surface area (Å²) in [5.41, 5.74) is 5.99. The molecule has 2 N–H and O–H groups in total. The van der Waals surface area contributed by atoms with E-state index in [4.69, 9.17) is 5.73 Å². The van der Waals surface area contributed by atoms with Crippen molar-refractivity contribution in [2.75, 3.05) is 26.2 Å². The van der Waals surface area contributed by atoms with Crippen LogP contribution in [0.25, 0.3) is 0 Å². The van der Waals surface area contributed by atoms with E-state index < -0.39 is 0 Å². The lowest BCUT2D eigenvalue weighted by atomic mass is 9.98. The van der Waals surface area contributed by atoms with Crippen molar-refractivity contribution in [3.63, 3.8) is 0 Å². The lowest BCUT2D eigenvalue weighted by Gasteiger charge is -2.38. The van der Waals surface area contributed by atoms with Crippen LogP contribution in [-0.2, 0) is 4.79 Å². The molecular formula is C13H27N3O. The van der Waals surface area contributed by atoms with E-state index in [0.717, 1.165) is 32.6 Å². The van der Waals surface area contributed by atoms with Gasteiger partial charge in [-0.1, -0.05) is 20.3 Å². The summed E-state index contributed by atoms with van der Waals surface area (Å²) in [4.78, 5) is 16.5. The number of carbonyl (C=O) groups is 1. The summed E-state index contributed by atoms with van der Waals surface area (Å²) in [7, 11) is 0. The van der Waals surface area contributed by atoms with Gasteiger partial charge in [-0.3, -0.25) is 9.69 Å². The molecular weight excluding hydrogens is 214 g/mol. The van der Waals surface area contributed by atoms with E-state index in [-0.39, 0.29) is 17.9 Å². The highest BCUT2D eigenvalue weighted by molar-refractivity contribution is 5.82. The van der Waals surface area contributed by atoms with Gasteiger partial charge in [-0.25, -0.2) is 0 Å². The second-order valence-corrected chi connectivity index (χ2v) is 5.37. The summed E-state index contributed by atoms with van der Waals surface area (Å²) < 4.78 is 0. The van der Waals surface area contributed by atoms with E-state index in [1.807, 2.05) is 11.8 Å². The molecule has 0 aromatic heterocycles. The van der Waals surface area contributed by atoms with Crippen molar-refractivity contribution in [2.45, 2.75) is 46.2 Å². The standard InChI is InChI=1S/C13H27N3O/c1-5-11(4)12(14)13(17)16-8-6-15(7-9-16)10(2)3/h10-12H,5-9,14H2,1-4H3. The van der Waals surface area contributed by atoms with Crippen molar-refractivity contribution in [1.82, 2.24) is 9.80 Å². The van der Waals surface area contributed by atoms with Crippen LogP contribution in [0.15, 0.2) is 0 Å². The molecule has 1 fully saturated rings. The Labute approximate surface area is 105 Å². The number of carbonyl (C=O) groups excluding carboxylic acids is 1. The van der Waals surface area contributed by atoms with Crippen molar-refractivity contribution in [3.05, 3.63) is 0 Å². The zero-order chi connectivity index (χ0) is 13.0. The molecule has 1 aliphatic heterocycles. The first kappa shape index (κ1) is 14.5. The smallest absolute Gasteiger partial charge is 0.239 e. The minimum absolute atomic E-state index is 0.128. The Morgan fingerprint density at radius 3 is 2.12 bits per heavy atom. The lowest BCUT2D eigenvalue weighted by molar-refractivity contribution is -0.135. The van der Waals surface area contributed by atoms with Gasteiger partial charge in [0.1, 0.15) is 0 Å². The Balaban J connectivity index is 2.46. The molecule has 0 bridgehead atoms. The predicted molar refractivity (Wildman–Crippen MR) is 70.7 cm³/mol. The average Bonchev–Trinajstić information content (AvgIpc) is 2.36. The van der Waals surface area contributed by atoms with Crippen LogP contribution in [0.1, 0.15) is 34.1 Å². The van der Waals surface area contributed by atoms with E-state index >= 15 is 0 Å². The van der Waals surface area contributed by atoms with E-state index in [1.54, 1.807) is 0 Å². The van der Waals surface area contributed by atoms with Gasteiger partial charge in [-0.05, 0) is 19.8 Å². The minimum Gasteiger partial charge on any atom is -0.339 e. The monoisotopic (exact) mass is 241 g/mol. The number of hydrogen-bond acceptors (Lipinski definition) is 3. The predicted octanol–water partition coefficient (Wildman–Crippen LogP) is 0.912. The molecule has 1 rings (SSSR count). The Morgan fingerprint density at radius 1 is 1.18 bits per heavy atom. The largest absolute Gasteiger partial charge is 0.339 e. The number of nitrogens with zero attached hydrogens (tertiary/aromatic N) is 2. The maximum absolute atomic E-state index is 12.2. The molecule has 4 heteroatoms. The molecule has 100 valence electrons. The quantitative estimate of drug-likeness (QED) is 0.796. The zero-order valence-corrected chi connectivity index (χ0v) is 11.6. The fourth-order valence-electron chi connectivity index (χ4n) is 2.17. The van der Waals surface area contributed by atoms with Gasteiger partial charge in [0.2, 0.25) is 5.91 Å². The highest BCUT2D eigenvalue weighted by Crippen LogP contribution is 2.11. The molecule has 2 atom stereocenters. The fraction of sp³-hybridized carbons (Fsp3) is 0.923. The van der Waals surface area contributed by atoms with Gasteiger partial charge in [-0.2, -0.15) is 0 Å². The van der Waals surface area contributed by atoms with Crippen LogP contribution in [0.5, 0.6) is 0 Å². The van der Waals surface area contributed by atoms with Crippen LogP contribution in [0.2, 0.25) is 0 Å². The van der Waals surface area contributed by atoms with Gasteiger partial charge in [0.15, 0.2) is 0 Å². The Morgan fingerprint density at radius 2 is 1.71 bits per heavy atom. The Kier molecular flexibility index (Phi) is 5.40. The SMILES string of the molecule is CCC(C)C(N)C(=O)N1CCN(C(C)C)CC1. The van der Waals surface area contributed by atoms with Crippen LogP contribution in [-0.4, -0.2) is 54.0 Å². The molecule has 0 aromatic rings. The normalized spacial score (nSPS) is 21.6. The number of hydrogen-bond donors (Lipinski definition) is 1. The molecule has 1 amide bonds. The van der Waals surface area contributed by atoms with Gasteiger partial charge in [0, 0.05) is 32.2 Å². The highest BCUT2D eigenvalue weighted by Gasteiger charge is 2.28. The third-order valence-electron chi connectivity index (χ3n) is 3.90. The van der Waals surface area contributed by atoms with Crippen molar-refractivity contribution in [2.24, 2.45) is 11.7 Å². The van der Waals surface area contributed by atoms with E-state index in [1.165, 1.54) is 0 Å². The summed E-state index contributed by atoms with van der Waals surface area (Å²) >= 11 is 0. The molecule has 0 spiro atoms. The highest BCUT2D eigenvalue weighted by atomic mass is 16.2. The second-order valence-electron chi connectivity index (χ2n) is 5.37. The third kappa shape index (κ3) is 3.68. The fourth-order valence-corrected chi connectivity index (χ4v) is 2.17. The molecule has 1 heterocycles. The van der Waals surface area contributed by atoms with Gasteiger partial charge in [-0.15, -0.1) is 0 Å². The second kappa shape index (κ2) is 6.36. The van der Waals surface area contributed by atoms with E-state index in [9.17, 15) is 4.79 Å². The number of amides is 1. The summed E-state index contributed by atoms with van der Waals surface area (Å²) in [6.07, 6.45) is 0.957. The summed E-state index contributed by atoms with van der Waals surface area (Å²) in [6.45, 7) is 12.1. The average molecular weight is 241 g/mol. The van der Waals surface area contributed by atoms with Crippen molar-refractivity contribution >= 4 is 5.91 Å². The third-order valence-corrected chi connectivity index (χ3v) is 3.90.